The SMILES string of the molecule is CCC(CC)(c1ccccc1)c1nc(O)c(Br)c(=O)[nH]1. The van der Waals surface area contributed by atoms with E-state index in [1.165, 1.54) is 0 Å². The number of aromatic amines is 1. The molecule has 1 aromatic carbocycles. The summed E-state index contributed by atoms with van der Waals surface area (Å²) >= 11 is 3.02. The first-order chi connectivity index (χ1) is 9.55. The lowest BCUT2D eigenvalue weighted by Gasteiger charge is -2.31. The van der Waals surface area contributed by atoms with Gasteiger partial charge in [0.1, 0.15) is 10.3 Å². The van der Waals surface area contributed by atoms with Crippen LogP contribution in [0.1, 0.15) is 38.1 Å². The molecule has 20 heavy (non-hydrogen) atoms. The molecule has 2 aromatic rings. The van der Waals surface area contributed by atoms with Crippen molar-refractivity contribution in [2.24, 2.45) is 0 Å². The normalized spacial score (nSPS) is 11.6. The molecule has 106 valence electrons. The highest BCUT2D eigenvalue weighted by molar-refractivity contribution is 9.10. The van der Waals surface area contributed by atoms with Crippen LogP contribution in [0, 0.1) is 0 Å². The minimum absolute atomic E-state index is 0.0652. The molecule has 2 rings (SSSR count). The molecule has 0 amide bonds. The Morgan fingerprint density at radius 1 is 1.25 bits per heavy atom. The number of hydrogen-bond acceptors (Lipinski definition) is 3. The average molecular weight is 337 g/mol. The van der Waals surface area contributed by atoms with Crippen LogP contribution in [0.25, 0.3) is 0 Å². The second kappa shape index (κ2) is 5.79. The first kappa shape index (κ1) is 14.8. The minimum atomic E-state index is -0.404. The van der Waals surface area contributed by atoms with Crippen molar-refractivity contribution >= 4 is 15.9 Å². The van der Waals surface area contributed by atoms with Gasteiger partial charge in [0.2, 0.25) is 5.88 Å². The lowest BCUT2D eigenvalue weighted by molar-refractivity contribution is 0.409. The van der Waals surface area contributed by atoms with Crippen molar-refractivity contribution in [2.45, 2.75) is 32.1 Å². The number of H-pyrrole nitrogens is 1. The summed E-state index contributed by atoms with van der Waals surface area (Å²) in [5.41, 5.74) is 0.308. The molecule has 2 N–H and O–H groups in total. The molecule has 0 saturated heterocycles. The Labute approximate surface area is 126 Å². The lowest BCUT2D eigenvalue weighted by atomic mass is 9.75. The number of benzene rings is 1. The van der Waals surface area contributed by atoms with Crippen molar-refractivity contribution in [3.05, 3.63) is 56.5 Å². The fourth-order valence-electron chi connectivity index (χ4n) is 2.56. The molecule has 0 atom stereocenters. The van der Waals surface area contributed by atoms with Gasteiger partial charge in [0.25, 0.3) is 5.56 Å². The van der Waals surface area contributed by atoms with E-state index in [-0.39, 0.29) is 15.9 Å². The van der Waals surface area contributed by atoms with E-state index < -0.39 is 5.41 Å². The number of nitrogens with one attached hydrogen (secondary N) is 1. The summed E-state index contributed by atoms with van der Waals surface area (Å²) in [6.45, 7) is 4.10. The molecule has 4 nitrogen and oxygen atoms in total. The Morgan fingerprint density at radius 3 is 2.35 bits per heavy atom. The molecule has 0 fully saturated rings. The van der Waals surface area contributed by atoms with Crippen LogP contribution in [-0.2, 0) is 5.41 Å². The van der Waals surface area contributed by atoms with E-state index in [9.17, 15) is 9.90 Å². The van der Waals surface area contributed by atoms with Crippen molar-refractivity contribution in [2.75, 3.05) is 0 Å². The Hall–Kier alpha value is -1.62. The second-order valence-corrected chi connectivity index (χ2v) is 5.50. The zero-order valence-corrected chi connectivity index (χ0v) is 13.1. The third-order valence-corrected chi connectivity index (χ3v) is 4.55. The van der Waals surface area contributed by atoms with Gasteiger partial charge in [0.05, 0.1) is 5.41 Å². The average Bonchev–Trinajstić information content (AvgIpc) is 2.47. The van der Waals surface area contributed by atoms with E-state index in [4.69, 9.17) is 0 Å². The van der Waals surface area contributed by atoms with Gasteiger partial charge in [-0.3, -0.25) is 4.79 Å². The zero-order valence-electron chi connectivity index (χ0n) is 11.5. The van der Waals surface area contributed by atoms with Gasteiger partial charge in [-0.25, -0.2) is 0 Å². The van der Waals surface area contributed by atoms with Gasteiger partial charge in [-0.1, -0.05) is 44.2 Å². The predicted molar refractivity (Wildman–Crippen MR) is 82.0 cm³/mol. The largest absolute Gasteiger partial charge is 0.492 e. The lowest BCUT2D eigenvalue weighted by Crippen LogP contribution is -2.31. The third-order valence-electron chi connectivity index (χ3n) is 3.83. The molecule has 0 radical (unpaired) electrons. The molecule has 0 bridgehead atoms. The Bertz CT molecular complexity index is 649. The highest BCUT2D eigenvalue weighted by Gasteiger charge is 2.34. The summed E-state index contributed by atoms with van der Waals surface area (Å²) in [7, 11) is 0. The third kappa shape index (κ3) is 2.38. The standard InChI is InChI=1S/C15H17BrN2O2/c1-3-15(4-2,10-8-6-5-7-9-10)14-17-12(19)11(16)13(20)18-14/h5-9H,3-4H2,1-2H3,(H2,17,18,19,20). The van der Waals surface area contributed by atoms with Crippen LogP contribution < -0.4 is 5.56 Å². The van der Waals surface area contributed by atoms with Crippen LogP contribution in [0.5, 0.6) is 5.88 Å². The summed E-state index contributed by atoms with van der Waals surface area (Å²) in [6, 6.07) is 9.92. The number of aromatic hydroxyl groups is 1. The smallest absolute Gasteiger partial charge is 0.269 e. The maximum absolute atomic E-state index is 11.9. The van der Waals surface area contributed by atoms with Crippen LogP contribution in [0.15, 0.2) is 39.6 Å². The van der Waals surface area contributed by atoms with Crippen molar-refractivity contribution in [1.82, 2.24) is 9.97 Å². The molecule has 0 spiro atoms. The van der Waals surface area contributed by atoms with Gasteiger partial charge in [0.15, 0.2) is 0 Å². The van der Waals surface area contributed by atoms with Crippen molar-refractivity contribution in [3.8, 4) is 5.88 Å². The maximum Gasteiger partial charge on any atom is 0.269 e. The van der Waals surface area contributed by atoms with Gasteiger partial charge in [0, 0.05) is 0 Å². The van der Waals surface area contributed by atoms with Gasteiger partial charge in [-0.15, -0.1) is 0 Å². The topological polar surface area (TPSA) is 66.0 Å². The Balaban J connectivity index is 2.69. The Morgan fingerprint density at radius 2 is 1.85 bits per heavy atom. The predicted octanol–water partition coefficient (Wildman–Crippen LogP) is 3.34. The van der Waals surface area contributed by atoms with E-state index in [1.807, 2.05) is 30.3 Å². The van der Waals surface area contributed by atoms with E-state index in [0.717, 1.165) is 18.4 Å². The highest BCUT2D eigenvalue weighted by atomic mass is 79.9. The summed E-state index contributed by atoms with van der Waals surface area (Å²) in [6.07, 6.45) is 1.55. The van der Waals surface area contributed by atoms with E-state index in [1.54, 1.807) is 0 Å². The quantitative estimate of drug-likeness (QED) is 0.899. The summed E-state index contributed by atoms with van der Waals surface area (Å²) in [5.74, 6) is 0.227. The Kier molecular flexibility index (Phi) is 4.28. The minimum Gasteiger partial charge on any atom is -0.492 e. The second-order valence-electron chi connectivity index (χ2n) is 4.71. The van der Waals surface area contributed by atoms with E-state index >= 15 is 0 Å². The van der Waals surface area contributed by atoms with Crippen LogP contribution in [0.4, 0.5) is 0 Å². The number of nitrogens with zero attached hydrogens (tertiary/aromatic N) is 1. The van der Waals surface area contributed by atoms with Crippen LogP contribution >= 0.6 is 15.9 Å². The molecule has 0 aliphatic carbocycles. The highest BCUT2D eigenvalue weighted by Crippen LogP contribution is 2.37. The van der Waals surface area contributed by atoms with Gasteiger partial charge in [-0.05, 0) is 34.3 Å². The number of aromatic nitrogens is 2. The molecule has 0 unspecified atom stereocenters. The maximum atomic E-state index is 11.9. The first-order valence-corrected chi connectivity index (χ1v) is 7.39. The summed E-state index contributed by atoms with van der Waals surface area (Å²) < 4.78 is 0.0652. The van der Waals surface area contributed by atoms with Gasteiger partial charge < -0.3 is 10.1 Å². The van der Waals surface area contributed by atoms with E-state index in [0.29, 0.717) is 5.82 Å². The van der Waals surface area contributed by atoms with Crippen LogP contribution in [0.2, 0.25) is 0 Å². The fraction of sp³-hybridized carbons (Fsp3) is 0.333. The van der Waals surface area contributed by atoms with Crippen LogP contribution in [-0.4, -0.2) is 15.1 Å². The van der Waals surface area contributed by atoms with Crippen molar-refractivity contribution < 1.29 is 5.11 Å². The number of halogens is 1. The van der Waals surface area contributed by atoms with Gasteiger partial charge in [-0.2, -0.15) is 4.98 Å². The molecule has 0 aliphatic heterocycles. The van der Waals surface area contributed by atoms with Crippen LogP contribution in [0.3, 0.4) is 0 Å². The molecular formula is C15H17BrN2O2. The molecular weight excluding hydrogens is 320 g/mol. The molecule has 5 heteroatoms. The summed E-state index contributed by atoms with van der Waals surface area (Å²) in [5, 5.41) is 9.80. The number of hydrogen-bond donors (Lipinski definition) is 2. The molecule has 1 aromatic heterocycles. The van der Waals surface area contributed by atoms with E-state index in [2.05, 4.69) is 39.7 Å². The first-order valence-electron chi connectivity index (χ1n) is 6.60. The van der Waals surface area contributed by atoms with Crippen molar-refractivity contribution in [3.63, 3.8) is 0 Å². The monoisotopic (exact) mass is 336 g/mol. The fourth-order valence-corrected chi connectivity index (χ4v) is 2.75. The number of rotatable bonds is 4. The molecule has 0 aliphatic rings. The zero-order chi connectivity index (χ0) is 14.8. The molecule has 1 heterocycles. The van der Waals surface area contributed by atoms with Crippen molar-refractivity contribution in [1.29, 1.82) is 0 Å². The summed E-state index contributed by atoms with van der Waals surface area (Å²) in [4.78, 5) is 18.8. The molecule has 0 saturated carbocycles. The van der Waals surface area contributed by atoms with Gasteiger partial charge >= 0.3 is 0 Å².